The second-order valence-electron chi connectivity index (χ2n) is 1.15. The maximum atomic E-state index is 2.00. The van der Waals surface area contributed by atoms with Crippen molar-refractivity contribution in [2.45, 2.75) is 0 Å². The Bertz CT molecular complexity index is 80.5. The molecule has 0 heterocycles. The standard InChI is InChI=1S/C6H6.Cs.H/c1-2-4-6-5-3-1;;/h1-6H;;/q;+1;-1. The van der Waals surface area contributed by atoms with Crippen LogP contribution >= 0.6 is 0 Å². The van der Waals surface area contributed by atoms with Crippen LogP contribution in [0.5, 0.6) is 0 Å². The fourth-order valence-corrected chi connectivity index (χ4v) is 0.385. The van der Waals surface area contributed by atoms with E-state index in [9.17, 15) is 0 Å². The third-order valence-corrected chi connectivity index (χ3v) is 0.667. The van der Waals surface area contributed by atoms with Crippen molar-refractivity contribution < 1.29 is 70.3 Å². The average Bonchev–Trinajstić information content (AvgIpc) is 1.72. The van der Waals surface area contributed by atoms with E-state index in [-0.39, 0.29) is 70.3 Å². The van der Waals surface area contributed by atoms with Gasteiger partial charge in [-0.15, -0.1) is 0 Å². The van der Waals surface area contributed by atoms with Crippen LogP contribution in [0.2, 0.25) is 0 Å². The van der Waals surface area contributed by atoms with Crippen LogP contribution in [0.25, 0.3) is 0 Å². The van der Waals surface area contributed by atoms with Crippen LogP contribution in [0.3, 0.4) is 0 Å². The van der Waals surface area contributed by atoms with Crippen molar-refractivity contribution in [2.24, 2.45) is 0 Å². The number of hydrogen-bond donors (Lipinski definition) is 0. The smallest absolute Gasteiger partial charge is 1.00 e. The summed E-state index contributed by atoms with van der Waals surface area (Å²) in [6, 6.07) is 12.0. The van der Waals surface area contributed by atoms with E-state index in [0.29, 0.717) is 0 Å². The van der Waals surface area contributed by atoms with E-state index in [1.165, 1.54) is 0 Å². The fraction of sp³-hybridized carbons (Fsp3) is 0. The molecule has 0 radical (unpaired) electrons. The molecule has 0 aromatic heterocycles. The third kappa shape index (κ3) is 3.82. The molecule has 1 aromatic carbocycles. The van der Waals surface area contributed by atoms with Gasteiger partial charge in [0.2, 0.25) is 0 Å². The summed E-state index contributed by atoms with van der Waals surface area (Å²) in [5, 5.41) is 0. The minimum Gasteiger partial charge on any atom is -1.00 e. The van der Waals surface area contributed by atoms with Crippen LogP contribution in [0, 0.1) is 0 Å². The maximum absolute atomic E-state index is 2.00. The second kappa shape index (κ2) is 5.41. The Kier molecular flexibility index (Phi) is 6.39. The molecule has 0 fully saturated rings. The van der Waals surface area contributed by atoms with Crippen molar-refractivity contribution in [3.63, 3.8) is 0 Å². The van der Waals surface area contributed by atoms with Crippen molar-refractivity contribution in [1.29, 1.82) is 0 Å². The van der Waals surface area contributed by atoms with Crippen LogP contribution < -0.4 is 68.9 Å². The third-order valence-electron chi connectivity index (χ3n) is 0.667. The Hall–Kier alpha value is 1.27. The van der Waals surface area contributed by atoms with Gasteiger partial charge in [0.15, 0.2) is 0 Å². The summed E-state index contributed by atoms with van der Waals surface area (Å²) in [6.45, 7) is 0. The first kappa shape index (κ1) is 8.27. The Morgan fingerprint density at radius 3 is 0.857 bits per heavy atom. The Morgan fingerprint density at radius 1 is 0.571 bits per heavy atom. The summed E-state index contributed by atoms with van der Waals surface area (Å²) in [6.07, 6.45) is 0. The molecule has 7 heavy (non-hydrogen) atoms. The van der Waals surface area contributed by atoms with Crippen LogP contribution in [-0.4, -0.2) is 0 Å². The van der Waals surface area contributed by atoms with Crippen molar-refractivity contribution >= 4 is 0 Å². The maximum Gasteiger partial charge on any atom is 1.00 e. The van der Waals surface area contributed by atoms with Gasteiger partial charge in [0.05, 0.1) is 0 Å². The Morgan fingerprint density at radius 2 is 0.714 bits per heavy atom. The first-order chi connectivity index (χ1) is 3.00. The summed E-state index contributed by atoms with van der Waals surface area (Å²) in [5.74, 6) is 0. The second-order valence-corrected chi connectivity index (χ2v) is 1.15. The van der Waals surface area contributed by atoms with Gasteiger partial charge in [0.1, 0.15) is 0 Å². The number of benzene rings is 1. The van der Waals surface area contributed by atoms with E-state index < -0.39 is 0 Å². The summed E-state index contributed by atoms with van der Waals surface area (Å²) >= 11 is 0. The minimum atomic E-state index is 0. The first-order valence-corrected chi connectivity index (χ1v) is 2.00. The molecule has 0 nitrogen and oxygen atoms in total. The topological polar surface area (TPSA) is 0 Å². The SMILES string of the molecule is [Cs+].[H-].c1ccccc1. The molecule has 0 bridgehead atoms. The summed E-state index contributed by atoms with van der Waals surface area (Å²) < 4.78 is 0. The zero-order valence-electron chi connectivity index (χ0n) is 5.46. The molecule has 0 aliphatic heterocycles. The molecule has 0 aliphatic carbocycles. The Balaban J connectivity index is 0. The van der Waals surface area contributed by atoms with Gasteiger partial charge in [-0.2, -0.15) is 0 Å². The van der Waals surface area contributed by atoms with E-state index in [1.54, 1.807) is 0 Å². The average molecular weight is 212 g/mol. The number of rotatable bonds is 0. The van der Waals surface area contributed by atoms with E-state index in [4.69, 9.17) is 0 Å². The van der Waals surface area contributed by atoms with Crippen molar-refractivity contribution in [3.05, 3.63) is 36.4 Å². The Labute approximate surface area is 104 Å². The molecular formula is C6H7Cs. The van der Waals surface area contributed by atoms with E-state index in [1.807, 2.05) is 36.4 Å². The first-order valence-electron chi connectivity index (χ1n) is 2.00. The normalized spacial score (nSPS) is 6.86. The van der Waals surface area contributed by atoms with Crippen LogP contribution in [0.4, 0.5) is 0 Å². The van der Waals surface area contributed by atoms with E-state index in [0.717, 1.165) is 0 Å². The van der Waals surface area contributed by atoms with Gasteiger partial charge in [-0.25, -0.2) is 0 Å². The molecule has 0 unspecified atom stereocenters. The van der Waals surface area contributed by atoms with E-state index in [2.05, 4.69) is 0 Å². The summed E-state index contributed by atoms with van der Waals surface area (Å²) in [5.41, 5.74) is 0. The van der Waals surface area contributed by atoms with Crippen molar-refractivity contribution in [3.8, 4) is 0 Å². The predicted octanol–water partition coefficient (Wildman–Crippen LogP) is -1.20. The molecule has 0 saturated carbocycles. The molecular weight excluding hydrogens is 205 g/mol. The van der Waals surface area contributed by atoms with Crippen molar-refractivity contribution in [2.75, 3.05) is 0 Å². The summed E-state index contributed by atoms with van der Waals surface area (Å²) in [4.78, 5) is 0. The van der Waals surface area contributed by atoms with Gasteiger partial charge < -0.3 is 1.43 Å². The van der Waals surface area contributed by atoms with E-state index >= 15 is 0 Å². The molecule has 1 rings (SSSR count). The molecule has 0 spiro atoms. The molecule has 0 atom stereocenters. The molecule has 32 valence electrons. The van der Waals surface area contributed by atoms with Crippen LogP contribution in [0.15, 0.2) is 36.4 Å². The van der Waals surface area contributed by atoms with Gasteiger partial charge in [-0.1, -0.05) is 36.4 Å². The molecule has 0 aliphatic rings. The molecule has 0 N–H and O–H groups in total. The quantitative estimate of drug-likeness (QED) is 0.507. The van der Waals surface area contributed by atoms with Crippen molar-refractivity contribution in [1.82, 2.24) is 0 Å². The minimum absolute atomic E-state index is 0. The van der Waals surface area contributed by atoms with Crippen LogP contribution in [-0.2, 0) is 0 Å². The fourth-order valence-electron chi connectivity index (χ4n) is 0.385. The molecule has 0 amide bonds. The van der Waals surface area contributed by atoms with Gasteiger partial charge in [0.25, 0.3) is 0 Å². The largest absolute Gasteiger partial charge is 1.00 e. The van der Waals surface area contributed by atoms with Gasteiger partial charge in [-0.3, -0.25) is 0 Å². The monoisotopic (exact) mass is 212 g/mol. The molecule has 1 heteroatoms. The zero-order chi connectivity index (χ0) is 4.24. The molecule has 0 saturated heterocycles. The molecule has 1 aromatic rings. The zero-order valence-corrected chi connectivity index (χ0v) is 10.7. The van der Waals surface area contributed by atoms with Gasteiger partial charge in [-0.05, 0) is 0 Å². The van der Waals surface area contributed by atoms with Crippen LogP contribution in [0.1, 0.15) is 1.43 Å². The summed E-state index contributed by atoms with van der Waals surface area (Å²) in [7, 11) is 0. The van der Waals surface area contributed by atoms with Gasteiger partial charge in [0, 0.05) is 0 Å². The predicted molar refractivity (Wildman–Crippen MR) is 27.6 cm³/mol. The number of hydrogen-bond acceptors (Lipinski definition) is 0. The van der Waals surface area contributed by atoms with Gasteiger partial charge >= 0.3 is 68.9 Å².